The molecule has 1 amide bonds. The van der Waals surface area contributed by atoms with Crippen molar-refractivity contribution in [1.29, 1.82) is 0 Å². The average Bonchev–Trinajstić information content (AvgIpc) is 3.41. The molecule has 2 aromatic rings. The maximum atomic E-state index is 13.7. The van der Waals surface area contributed by atoms with E-state index < -0.39 is 5.91 Å². The Morgan fingerprint density at radius 1 is 1.21 bits per heavy atom. The normalized spacial score (nSPS) is 30.7. The molecule has 2 fully saturated rings. The van der Waals surface area contributed by atoms with Gasteiger partial charge >= 0.3 is 0 Å². The largest absolute Gasteiger partial charge is 0.373 e. The van der Waals surface area contributed by atoms with Gasteiger partial charge in [0.05, 0.1) is 24.9 Å². The molecule has 3 aliphatic rings. The Morgan fingerprint density at radius 3 is 2.69 bits per heavy atom. The van der Waals surface area contributed by atoms with Crippen LogP contribution in [0.5, 0.6) is 0 Å². The number of aryl methyl sites for hydroxylation is 1. The van der Waals surface area contributed by atoms with Crippen LogP contribution in [0.4, 0.5) is 0 Å². The van der Waals surface area contributed by atoms with Crippen molar-refractivity contribution < 1.29 is 19.4 Å². The maximum absolute atomic E-state index is 13.7. The standard InChI is InChI=1S/C24H27NO4/c1-24(27)25(22-20-10-6-5-9-17(20)14-21(22)29-24)23(26)18(13-19-15-28-19)12-11-16-7-3-2-4-8-16/h2-10,18-19,21-22,27H,11-15H2,1H3/t18-,19+,21-,22+,24+/m1/s1. The zero-order chi connectivity index (χ0) is 20.0. The summed E-state index contributed by atoms with van der Waals surface area (Å²) in [4.78, 5) is 15.3. The minimum Gasteiger partial charge on any atom is -0.373 e. The van der Waals surface area contributed by atoms with Gasteiger partial charge in [0.1, 0.15) is 0 Å². The molecule has 5 nitrogen and oxygen atoms in total. The fourth-order valence-corrected chi connectivity index (χ4v) is 4.94. The Morgan fingerprint density at radius 2 is 1.93 bits per heavy atom. The zero-order valence-electron chi connectivity index (χ0n) is 16.7. The van der Waals surface area contributed by atoms with Crippen molar-refractivity contribution in [3.05, 3.63) is 71.3 Å². The second kappa shape index (κ2) is 7.24. The first-order valence-electron chi connectivity index (χ1n) is 10.5. The Bertz CT molecular complexity index is 893. The number of amides is 1. The number of benzene rings is 2. The summed E-state index contributed by atoms with van der Waals surface area (Å²) in [6, 6.07) is 18.1. The number of nitrogens with zero attached hydrogens (tertiary/aromatic N) is 1. The SMILES string of the molecule is C[C@]1(O)O[C@@H]2Cc3ccccc3[C@@H]2N1C(=O)[C@H](CCc1ccccc1)C[C@H]1CO1. The average molecular weight is 393 g/mol. The van der Waals surface area contributed by atoms with Crippen LogP contribution in [0.3, 0.4) is 0 Å². The quantitative estimate of drug-likeness (QED) is 0.766. The number of ether oxygens (including phenoxy) is 2. The van der Waals surface area contributed by atoms with Crippen LogP contribution in [0.15, 0.2) is 54.6 Å². The summed E-state index contributed by atoms with van der Waals surface area (Å²) in [6.07, 6.45) is 2.93. The van der Waals surface area contributed by atoms with Gasteiger partial charge in [-0.15, -0.1) is 0 Å². The van der Waals surface area contributed by atoms with E-state index >= 15 is 0 Å². The fourth-order valence-electron chi connectivity index (χ4n) is 4.94. The summed E-state index contributed by atoms with van der Waals surface area (Å²) in [5.41, 5.74) is 3.51. The van der Waals surface area contributed by atoms with Crippen molar-refractivity contribution in [1.82, 2.24) is 4.90 Å². The van der Waals surface area contributed by atoms with Crippen LogP contribution in [0, 0.1) is 5.92 Å². The topological polar surface area (TPSA) is 62.3 Å². The van der Waals surface area contributed by atoms with E-state index in [-0.39, 0.29) is 30.1 Å². The maximum Gasteiger partial charge on any atom is 0.249 e. The highest BCUT2D eigenvalue weighted by atomic mass is 16.7. The predicted molar refractivity (Wildman–Crippen MR) is 108 cm³/mol. The third kappa shape index (κ3) is 3.59. The summed E-state index contributed by atoms with van der Waals surface area (Å²) in [5, 5.41) is 11.0. The van der Waals surface area contributed by atoms with Crippen LogP contribution in [-0.2, 0) is 27.1 Å². The lowest BCUT2D eigenvalue weighted by Crippen LogP contribution is -2.49. The molecule has 29 heavy (non-hydrogen) atoms. The number of hydrogen-bond acceptors (Lipinski definition) is 4. The fraction of sp³-hybridized carbons (Fsp3) is 0.458. The van der Waals surface area contributed by atoms with Crippen molar-refractivity contribution in [2.45, 2.75) is 56.8 Å². The highest BCUT2D eigenvalue weighted by molar-refractivity contribution is 5.80. The molecule has 0 saturated carbocycles. The number of carbonyl (C=O) groups excluding carboxylic acids is 1. The van der Waals surface area contributed by atoms with E-state index in [2.05, 4.69) is 18.2 Å². The second-order valence-electron chi connectivity index (χ2n) is 8.56. The minimum absolute atomic E-state index is 0.0364. The van der Waals surface area contributed by atoms with Crippen LogP contribution in [0.2, 0.25) is 0 Å². The van der Waals surface area contributed by atoms with E-state index in [1.165, 1.54) is 11.1 Å². The molecule has 2 saturated heterocycles. The number of rotatable bonds is 6. The summed E-state index contributed by atoms with van der Waals surface area (Å²) in [7, 11) is 0. The van der Waals surface area contributed by atoms with Crippen LogP contribution >= 0.6 is 0 Å². The van der Waals surface area contributed by atoms with Gasteiger partial charge in [0, 0.05) is 19.3 Å². The van der Waals surface area contributed by atoms with Gasteiger partial charge in [-0.25, -0.2) is 0 Å². The van der Waals surface area contributed by atoms with Crippen LogP contribution in [0.1, 0.15) is 42.5 Å². The van der Waals surface area contributed by atoms with E-state index in [1.54, 1.807) is 11.8 Å². The number of hydrogen-bond donors (Lipinski definition) is 1. The number of aliphatic hydroxyl groups is 1. The minimum atomic E-state index is -1.59. The molecule has 2 aliphatic heterocycles. The van der Waals surface area contributed by atoms with Gasteiger partial charge in [0.2, 0.25) is 11.8 Å². The van der Waals surface area contributed by atoms with E-state index in [1.807, 2.05) is 36.4 Å². The molecule has 2 aromatic carbocycles. The van der Waals surface area contributed by atoms with E-state index in [0.717, 1.165) is 31.4 Å². The lowest BCUT2D eigenvalue weighted by atomic mass is 9.92. The second-order valence-corrected chi connectivity index (χ2v) is 8.56. The van der Waals surface area contributed by atoms with Gasteiger partial charge in [0.15, 0.2) is 0 Å². The zero-order valence-corrected chi connectivity index (χ0v) is 16.7. The van der Waals surface area contributed by atoms with Gasteiger partial charge in [-0.05, 0) is 36.0 Å². The van der Waals surface area contributed by atoms with Crippen LogP contribution in [-0.4, -0.2) is 40.6 Å². The Labute approximate surface area is 171 Å². The molecule has 5 atom stereocenters. The van der Waals surface area contributed by atoms with Crippen molar-refractivity contribution in [3.8, 4) is 0 Å². The van der Waals surface area contributed by atoms with Crippen molar-refractivity contribution in [2.24, 2.45) is 5.92 Å². The van der Waals surface area contributed by atoms with Crippen LogP contribution < -0.4 is 0 Å². The molecule has 5 rings (SSSR count). The summed E-state index contributed by atoms with van der Waals surface area (Å²) >= 11 is 0. The first-order chi connectivity index (χ1) is 14.0. The van der Waals surface area contributed by atoms with Crippen molar-refractivity contribution >= 4 is 5.91 Å². The molecular weight excluding hydrogens is 366 g/mol. The lowest BCUT2D eigenvalue weighted by molar-refractivity contribution is -0.242. The highest BCUT2D eigenvalue weighted by Crippen LogP contribution is 2.48. The number of fused-ring (bicyclic) bond motifs is 3. The molecular formula is C24H27NO4. The first-order valence-corrected chi connectivity index (χ1v) is 10.5. The third-order valence-electron chi connectivity index (χ3n) is 6.41. The summed E-state index contributed by atoms with van der Waals surface area (Å²) < 4.78 is 11.4. The van der Waals surface area contributed by atoms with E-state index in [4.69, 9.17) is 9.47 Å². The molecule has 1 N–H and O–H groups in total. The molecule has 152 valence electrons. The predicted octanol–water partition coefficient (Wildman–Crippen LogP) is 3.22. The lowest BCUT2D eigenvalue weighted by Gasteiger charge is -2.35. The number of carbonyl (C=O) groups is 1. The van der Waals surface area contributed by atoms with Gasteiger partial charge in [-0.2, -0.15) is 0 Å². The van der Waals surface area contributed by atoms with Gasteiger partial charge in [0.25, 0.3) is 0 Å². The van der Waals surface area contributed by atoms with Crippen LogP contribution in [0.25, 0.3) is 0 Å². The monoisotopic (exact) mass is 393 g/mol. The van der Waals surface area contributed by atoms with Crippen molar-refractivity contribution in [2.75, 3.05) is 6.61 Å². The third-order valence-corrected chi connectivity index (χ3v) is 6.41. The smallest absolute Gasteiger partial charge is 0.249 e. The molecule has 0 radical (unpaired) electrons. The molecule has 0 aromatic heterocycles. The van der Waals surface area contributed by atoms with Gasteiger partial charge < -0.3 is 14.6 Å². The van der Waals surface area contributed by atoms with E-state index in [9.17, 15) is 9.90 Å². The Balaban J connectivity index is 1.40. The Kier molecular flexibility index (Phi) is 4.69. The number of epoxide rings is 1. The molecule has 5 heteroatoms. The molecule has 0 spiro atoms. The highest BCUT2D eigenvalue weighted by Gasteiger charge is 2.56. The summed E-state index contributed by atoms with van der Waals surface area (Å²) in [6.45, 7) is 2.31. The Hall–Kier alpha value is -2.21. The van der Waals surface area contributed by atoms with Crippen molar-refractivity contribution in [3.63, 3.8) is 0 Å². The van der Waals surface area contributed by atoms with E-state index in [0.29, 0.717) is 6.42 Å². The summed E-state index contributed by atoms with van der Waals surface area (Å²) in [5.74, 6) is -1.83. The first kappa shape index (κ1) is 18.8. The van der Waals surface area contributed by atoms with Gasteiger partial charge in [-0.3, -0.25) is 9.69 Å². The molecule has 0 bridgehead atoms. The molecule has 0 unspecified atom stereocenters. The molecule has 2 heterocycles. The van der Waals surface area contributed by atoms with Gasteiger partial charge in [-0.1, -0.05) is 54.6 Å². The molecule has 1 aliphatic carbocycles.